The first kappa shape index (κ1) is 18.9. The Morgan fingerprint density at radius 3 is 2.66 bits per heavy atom. The van der Waals surface area contributed by atoms with Gasteiger partial charge in [-0.2, -0.15) is 0 Å². The molecule has 5 rings (SSSR count). The maximum atomic E-state index is 11.0. The van der Waals surface area contributed by atoms with Crippen molar-refractivity contribution in [2.75, 3.05) is 20.7 Å². The Morgan fingerprint density at radius 2 is 1.90 bits per heavy atom. The van der Waals surface area contributed by atoms with Crippen molar-refractivity contribution < 1.29 is 14.9 Å². The van der Waals surface area contributed by atoms with Crippen molar-refractivity contribution in [1.82, 2.24) is 4.90 Å². The Kier molecular flexibility index (Phi) is 4.56. The molecule has 2 aromatic carbocycles. The Balaban J connectivity index is 1.73. The lowest BCUT2D eigenvalue weighted by atomic mass is 9.53. The van der Waals surface area contributed by atoms with E-state index in [0.717, 1.165) is 42.7 Å². The third kappa shape index (κ3) is 2.78. The SMILES string of the molecule is COC1=CC2[C@@H]3[C@H](Sc4ccccc4)c4ccc(O)c(O)c4[C@@]2(CC1)CCN3C. The number of thioether (sulfide) groups is 1. The van der Waals surface area contributed by atoms with Gasteiger partial charge >= 0.3 is 0 Å². The first-order valence-electron chi connectivity index (χ1n) is 10.3. The number of methoxy groups -OCH3 is 1. The molecule has 1 aliphatic heterocycles. The summed E-state index contributed by atoms with van der Waals surface area (Å²) in [5, 5.41) is 21.6. The number of phenols is 2. The molecule has 2 aromatic rings. The molecule has 2 aliphatic carbocycles. The Bertz CT molecular complexity index is 960. The van der Waals surface area contributed by atoms with Crippen molar-refractivity contribution in [3.8, 4) is 11.5 Å². The van der Waals surface area contributed by atoms with E-state index >= 15 is 0 Å². The van der Waals surface area contributed by atoms with Gasteiger partial charge in [0.05, 0.1) is 18.1 Å². The molecule has 1 saturated heterocycles. The number of hydrogen-bond acceptors (Lipinski definition) is 5. The van der Waals surface area contributed by atoms with E-state index in [0.29, 0.717) is 6.04 Å². The van der Waals surface area contributed by atoms with Gasteiger partial charge in [0.15, 0.2) is 11.5 Å². The van der Waals surface area contributed by atoms with E-state index in [9.17, 15) is 10.2 Å². The first-order chi connectivity index (χ1) is 14.0. The fraction of sp³-hybridized carbons (Fsp3) is 0.417. The minimum Gasteiger partial charge on any atom is -0.504 e. The fourth-order valence-corrected chi connectivity index (χ4v) is 7.24. The van der Waals surface area contributed by atoms with E-state index in [4.69, 9.17) is 4.74 Å². The maximum Gasteiger partial charge on any atom is 0.161 e. The highest BCUT2D eigenvalue weighted by atomic mass is 32.2. The number of likely N-dealkylation sites (tertiary alicyclic amines) is 1. The number of ether oxygens (including phenoxy) is 1. The Hall–Kier alpha value is -2.11. The van der Waals surface area contributed by atoms with Gasteiger partial charge < -0.3 is 19.8 Å². The molecule has 3 aliphatic rings. The van der Waals surface area contributed by atoms with Crippen LogP contribution in [0.4, 0.5) is 0 Å². The van der Waals surface area contributed by atoms with Gasteiger partial charge in [-0.3, -0.25) is 0 Å². The molecule has 0 saturated carbocycles. The molecule has 0 spiro atoms. The number of fused-ring (bicyclic) bond motifs is 1. The van der Waals surface area contributed by atoms with Crippen molar-refractivity contribution in [3.63, 3.8) is 0 Å². The highest BCUT2D eigenvalue weighted by Crippen LogP contribution is 2.63. The maximum absolute atomic E-state index is 11.0. The predicted molar refractivity (Wildman–Crippen MR) is 115 cm³/mol. The number of likely N-dealkylation sites (N-methyl/N-ethyl adjacent to an activating group) is 1. The zero-order valence-corrected chi connectivity index (χ0v) is 17.7. The molecule has 1 heterocycles. The number of allylic oxidation sites excluding steroid dienone is 1. The van der Waals surface area contributed by atoms with Crippen LogP contribution in [0.25, 0.3) is 0 Å². The topological polar surface area (TPSA) is 52.9 Å². The van der Waals surface area contributed by atoms with Crippen LogP contribution in [0.3, 0.4) is 0 Å². The normalized spacial score (nSPS) is 30.8. The predicted octanol–water partition coefficient (Wildman–Crippen LogP) is 4.83. The summed E-state index contributed by atoms with van der Waals surface area (Å²) in [6.07, 6.45) is 5.09. The Morgan fingerprint density at radius 1 is 1.10 bits per heavy atom. The molecule has 0 aromatic heterocycles. The molecular weight excluding hydrogens is 382 g/mol. The standard InChI is InChI=1S/C24H27NO3S/c1-25-13-12-24-11-10-15(28-2)14-18(24)21(25)23(29-16-6-4-3-5-7-16)17-8-9-19(26)22(27)20(17)24/h3-9,14,18,21,23,26-27H,10-13H2,1-2H3/t18?,21-,23-,24+/m1/s1. The minimum absolute atomic E-state index is 0.0146. The molecule has 0 radical (unpaired) electrons. The largest absolute Gasteiger partial charge is 0.504 e. The van der Waals surface area contributed by atoms with Crippen LogP contribution >= 0.6 is 11.8 Å². The average molecular weight is 410 g/mol. The molecular formula is C24H27NO3S. The van der Waals surface area contributed by atoms with Gasteiger partial charge in [0.25, 0.3) is 0 Å². The summed E-state index contributed by atoms with van der Waals surface area (Å²) in [5.41, 5.74) is 1.98. The van der Waals surface area contributed by atoms with Crippen molar-refractivity contribution in [3.05, 3.63) is 65.4 Å². The summed E-state index contributed by atoms with van der Waals surface area (Å²) >= 11 is 1.85. The van der Waals surface area contributed by atoms with Gasteiger partial charge in [-0.1, -0.05) is 24.3 Å². The summed E-state index contributed by atoms with van der Waals surface area (Å²) in [5.74, 6) is 1.34. The zero-order valence-electron chi connectivity index (χ0n) is 16.8. The summed E-state index contributed by atoms with van der Waals surface area (Å²) in [4.78, 5) is 3.69. The van der Waals surface area contributed by atoms with Crippen LogP contribution in [0.2, 0.25) is 0 Å². The molecule has 1 unspecified atom stereocenters. The van der Waals surface area contributed by atoms with Gasteiger partial charge in [-0.05, 0) is 56.3 Å². The molecule has 5 heteroatoms. The van der Waals surface area contributed by atoms with Gasteiger partial charge in [0, 0.05) is 34.3 Å². The van der Waals surface area contributed by atoms with E-state index in [1.807, 2.05) is 23.9 Å². The number of aromatic hydroxyl groups is 2. The first-order valence-corrected chi connectivity index (χ1v) is 11.1. The highest BCUT2D eigenvalue weighted by molar-refractivity contribution is 7.99. The summed E-state index contributed by atoms with van der Waals surface area (Å²) in [7, 11) is 3.97. The van der Waals surface area contributed by atoms with E-state index in [1.165, 1.54) is 4.90 Å². The number of nitrogens with zero attached hydrogens (tertiary/aromatic N) is 1. The third-order valence-corrected chi connectivity index (χ3v) is 8.51. The van der Waals surface area contributed by atoms with Gasteiger partial charge in [0.2, 0.25) is 0 Å². The smallest absolute Gasteiger partial charge is 0.161 e. The molecule has 1 fully saturated rings. The second-order valence-electron chi connectivity index (χ2n) is 8.49. The number of benzene rings is 2. The van der Waals surface area contributed by atoms with Gasteiger partial charge in [0.1, 0.15) is 0 Å². The second-order valence-corrected chi connectivity index (χ2v) is 9.70. The van der Waals surface area contributed by atoms with Crippen LogP contribution in [0, 0.1) is 5.92 Å². The molecule has 4 nitrogen and oxygen atoms in total. The second kappa shape index (κ2) is 6.99. The number of phenolic OH excluding ortho intramolecular Hbond substituents is 2. The molecule has 2 N–H and O–H groups in total. The molecule has 2 bridgehead atoms. The summed E-state index contributed by atoms with van der Waals surface area (Å²) in [6.45, 7) is 0.984. The van der Waals surface area contributed by atoms with Crippen LogP contribution < -0.4 is 0 Å². The zero-order chi connectivity index (χ0) is 20.2. The van der Waals surface area contributed by atoms with Crippen molar-refractivity contribution >= 4 is 11.8 Å². The molecule has 29 heavy (non-hydrogen) atoms. The van der Waals surface area contributed by atoms with Crippen LogP contribution in [0.15, 0.2) is 59.2 Å². The van der Waals surface area contributed by atoms with Crippen molar-refractivity contribution in [2.45, 2.75) is 40.9 Å². The third-order valence-electron chi connectivity index (χ3n) is 7.18. The lowest BCUT2D eigenvalue weighted by Gasteiger charge is -2.59. The van der Waals surface area contributed by atoms with E-state index < -0.39 is 0 Å². The quantitative estimate of drug-likeness (QED) is 0.712. The summed E-state index contributed by atoms with van der Waals surface area (Å²) in [6, 6.07) is 14.4. The van der Waals surface area contributed by atoms with Crippen LogP contribution in [0.5, 0.6) is 11.5 Å². The minimum atomic E-state index is -0.148. The van der Waals surface area contributed by atoms with Crippen LogP contribution in [-0.2, 0) is 10.2 Å². The highest BCUT2D eigenvalue weighted by Gasteiger charge is 2.58. The lowest BCUT2D eigenvalue weighted by molar-refractivity contribution is 0.0349. The number of rotatable bonds is 3. The van der Waals surface area contributed by atoms with Crippen LogP contribution in [0.1, 0.15) is 35.6 Å². The Labute approximate surface area is 176 Å². The number of hydrogen-bond donors (Lipinski definition) is 2. The van der Waals surface area contributed by atoms with Gasteiger partial charge in [-0.25, -0.2) is 0 Å². The molecule has 0 amide bonds. The van der Waals surface area contributed by atoms with Gasteiger partial charge in [-0.15, -0.1) is 11.8 Å². The van der Waals surface area contributed by atoms with E-state index in [1.54, 1.807) is 13.2 Å². The van der Waals surface area contributed by atoms with E-state index in [-0.39, 0.29) is 28.1 Å². The lowest BCUT2D eigenvalue weighted by Crippen LogP contribution is -2.60. The fourth-order valence-electron chi connectivity index (χ4n) is 5.80. The van der Waals surface area contributed by atoms with Crippen LogP contribution in [-0.4, -0.2) is 41.9 Å². The van der Waals surface area contributed by atoms with E-state index in [2.05, 4.69) is 42.3 Å². The number of piperidine rings is 1. The monoisotopic (exact) mass is 409 g/mol. The molecule has 4 atom stereocenters. The van der Waals surface area contributed by atoms with Crippen molar-refractivity contribution in [2.24, 2.45) is 5.92 Å². The summed E-state index contributed by atoms with van der Waals surface area (Å²) < 4.78 is 5.66. The average Bonchev–Trinajstić information content (AvgIpc) is 2.74. The van der Waals surface area contributed by atoms with Crippen molar-refractivity contribution in [1.29, 1.82) is 0 Å². The molecule has 152 valence electrons.